The van der Waals surface area contributed by atoms with Crippen molar-refractivity contribution in [2.24, 2.45) is 10.3 Å². The van der Waals surface area contributed by atoms with Crippen LogP contribution in [0.4, 0.5) is 11.4 Å². The Morgan fingerprint density at radius 1 is 1.04 bits per heavy atom. The molecule has 2 amide bonds. The first-order valence-electron chi connectivity index (χ1n) is 7.47. The zero-order chi connectivity index (χ0) is 16.8. The van der Waals surface area contributed by atoms with E-state index in [2.05, 4.69) is 10.3 Å². The van der Waals surface area contributed by atoms with E-state index < -0.39 is 12.1 Å². The summed E-state index contributed by atoms with van der Waals surface area (Å²) < 4.78 is 0. The molecule has 2 aromatic rings. The van der Waals surface area contributed by atoms with Crippen LogP contribution in [-0.4, -0.2) is 23.9 Å². The molecule has 2 aliphatic heterocycles. The summed E-state index contributed by atoms with van der Waals surface area (Å²) in [4.78, 5) is 26.7. The molecule has 6 nitrogen and oxygen atoms in total. The van der Waals surface area contributed by atoms with Crippen molar-refractivity contribution in [3.63, 3.8) is 0 Å². The summed E-state index contributed by atoms with van der Waals surface area (Å²) >= 11 is 5.98. The van der Waals surface area contributed by atoms with Crippen molar-refractivity contribution in [3.8, 4) is 0 Å². The van der Waals surface area contributed by atoms with Gasteiger partial charge in [0.25, 0.3) is 11.8 Å². The highest BCUT2D eigenvalue weighted by Gasteiger charge is 2.55. The number of halogens is 1. The number of amides is 2. The number of hydrogen-bond acceptors (Lipinski definition) is 5. The molecule has 4 rings (SSSR count). The number of imide groups is 1. The lowest BCUT2D eigenvalue weighted by Gasteiger charge is -2.22. The molecule has 2 aromatic carbocycles. The fourth-order valence-corrected chi connectivity index (χ4v) is 3.23. The minimum absolute atomic E-state index is 0.347. The van der Waals surface area contributed by atoms with Crippen molar-refractivity contribution >= 4 is 34.8 Å². The summed E-state index contributed by atoms with van der Waals surface area (Å²) in [6.07, 6.45) is 0. The average molecular weight is 341 g/mol. The number of hydrogen-bond donors (Lipinski definition) is 0. The van der Waals surface area contributed by atoms with Gasteiger partial charge in [0.05, 0.1) is 11.4 Å². The van der Waals surface area contributed by atoms with Gasteiger partial charge < -0.3 is 0 Å². The summed E-state index contributed by atoms with van der Waals surface area (Å²) in [5, 5.41) is 10.1. The summed E-state index contributed by atoms with van der Waals surface area (Å²) in [6, 6.07) is 12.6. The van der Waals surface area contributed by atoms with Gasteiger partial charge in [0, 0.05) is 5.02 Å². The Morgan fingerprint density at radius 2 is 1.83 bits per heavy atom. The molecule has 1 fully saturated rings. The SMILES string of the molecule is Cc1ccccc1N1N=N[C@H]2C(=O)N(c3cccc(Cl)c3)C(=O)[C@H]21. The molecule has 0 N–H and O–H groups in total. The van der Waals surface area contributed by atoms with Gasteiger partial charge in [0.15, 0.2) is 12.1 Å². The summed E-state index contributed by atoms with van der Waals surface area (Å²) in [5.74, 6) is -0.729. The third kappa shape index (κ3) is 2.11. The standard InChI is InChI=1S/C17H13ClN4O2/c1-10-5-2-3-8-13(10)22-15-14(19-20-22)16(23)21(17(15)24)12-7-4-6-11(18)9-12/h2-9,14-15H,1H3/t14-,15+/m1/s1. The number of benzene rings is 2. The quantitative estimate of drug-likeness (QED) is 0.789. The lowest BCUT2D eigenvalue weighted by atomic mass is 10.1. The Labute approximate surface area is 143 Å². The van der Waals surface area contributed by atoms with E-state index >= 15 is 0 Å². The highest BCUT2D eigenvalue weighted by Crippen LogP contribution is 2.36. The smallest absolute Gasteiger partial charge is 0.263 e. The van der Waals surface area contributed by atoms with Crippen molar-refractivity contribution in [3.05, 3.63) is 59.1 Å². The molecule has 1 saturated heterocycles. The summed E-state index contributed by atoms with van der Waals surface area (Å²) in [7, 11) is 0. The molecule has 24 heavy (non-hydrogen) atoms. The van der Waals surface area contributed by atoms with E-state index in [0.29, 0.717) is 10.7 Å². The van der Waals surface area contributed by atoms with E-state index in [-0.39, 0.29) is 11.8 Å². The lowest BCUT2D eigenvalue weighted by Crippen LogP contribution is -2.40. The van der Waals surface area contributed by atoms with E-state index in [0.717, 1.165) is 16.2 Å². The van der Waals surface area contributed by atoms with Gasteiger partial charge in [-0.15, -0.1) is 0 Å². The van der Waals surface area contributed by atoms with Gasteiger partial charge in [0.2, 0.25) is 0 Å². The summed E-state index contributed by atoms with van der Waals surface area (Å²) in [6.45, 7) is 1.92. The second kappa shape index (κ2) is 5.42. The Bertz CT molecular complexity index is 882. The molecule has 7 heteroatoms. The van der Waals surface area contributed by atoms with Gasteiger partial charge >= 0.3 is 0 Å². The first-order chi connectivity index (χ1) is 11.6. The maximum atomic E-state index is 12.9. The number of carbonyl (C=O) groups is 2. The number of carbonyl (C=O) groups excluding carboxylic acids is 2. The Morgan fingerprint density at radius 3 is 2.58 bits per heavy atom. The van der Waals surface area contributed by atoms with Crippen LogP contribution < -0.4 is 9.91 Å². The molecule has 0 spiro atoms. The van der Waals surface area contributed by atoms with Crippen LogP contribution >= 0.6 is 11.6 Å². The topological polar surface area (TPSA) is 65.3 Å². The fourth-order valence-electron chi connectivity index (χ4n) is 3.05. The van der Waals surface area contributed by atoms with Crippen molar-refractivity contribution in [2.45, 2.75) is 19.0 Å². The van der Waals surface area contributed by atoms with E-state index in [4.69, 9.17) is 11.6 Å². The van der Waals surface area contributed by atoms with Crippen LogP contribution in [0.3, 0.4) is 0 Å². The number of para-hydroxylation sites is 1. The zero-order valence-electron chi connectivity index (χ0n) is 12.8. The second-order valence-electron chi connectivity index (χ2n) is 5.72. The predicted molar refractivity (Wildman–Crippen MR) is 90.0 cm³/mol. The molecule has 2 atom stereocenters. The van der Waals surface area contributed by atoms with Gasteiger partial charge in [-0.1, -0.05) is 41.1 Å². The van der Waals surface area contributed by atoms with Crippen LogP contribution in [0.5, 0.6) is 0 Å². The molecule has 0 bridgehead atoms. The van der Waals surface area contributed by atoms with Gasteiger partial charge in [-0.3, -0.25) is 9.59 Å². The predicted octanol–water partition coefficient (Wildman–Crippen LogP) is 3.15. The number of nitrogens with zero attached hydrogens (tertiary/aromatic N) is 4. The molecule has 0 aliphatic carbocycles. The van der Waals surface area contributed by atoms with Gasteiger partial charge in [0.1, 0.15) is 0 Å². The fraction of sp³-hybridized carbons (Fsp3) is 0.176. The molecule has 0 radical (unpaired) electrons. The van der Waals surface area contributed by atoms with Crippen LogP contribution in [0.2, 0.25) is 5.02 Å². The normalized spacial score (nSPS) is 22.4. The maximum absolute atomic E-state index is 12.9. The van der Waals surface area contributed by atoms with Crippen LogP contribution in [0, 0.1) is 6.92 Å². The first kappa shape index (κ1) is 14.8. The molecule has 2 aliphatic rings. The monoisotopic (exact) mass is 340 g/mol. The Hall–Kier alpha value is -2.73. The molecule has 0 aromatic heterocycles. The number of aryl methyl sites for hydroxylation is 1. The highest BCUT2D eigenvalue weighted by molar-refractivity contribution is 6.32. The van der Waals surface area contributed by atoms with Gasteiger partial charge in [-0.05, 0) is 36.8 Å². The number of fused-ring (bicyclic) bond motifs is 1. The Balaban J connectivity index is 1.74. The third-order valence-electron chi connectivity index (χ3n) is 4.21. The van der Waals surface area contributed by atoms with Gasteiger partial charge in [-0.25, -0.2) is 9.91 Å². The van der Waals surface area contributed by atoms with Gasteiger partial charge in [-0.2, -0.15) is 5.11 Å². The van der Waals surface area contributed by atoms with Crippen LogP contribution in [0.15, 0.2) is 58.9 Å². The minimum atomic E-state index is -0.823. The maximum Gasteiger partial charge on any atom is 0.263 e. The highest BCUT2D eigenvalue weighted by atomic mass is 35.5. The van der Waals surface area contributed by atoms with Crippen LogP contribution in [0.25, 0.3) is 0 Å². The molecular weight excluding hydrogens is 328 g/mol. The van der Waals surface area contributed by atoms with Crippen LogP contribution in [-0.2, 0) is 9.59 Å². The summed E-state index contributed by atoms with van der Waals surface area (Å²) in [5.41, 5.74) is 2.17. The van der Waals surface area contributed by atoms with Crippen molar-refractivity contribution in [2.75, 3.05) is 9.91 Å². The Kier molecular flexibility index (Phi) is 3.35. The van der Waals surface area contributed by atoms with E-state index in [1.807, 2.05) is 31.2 Å². The van der Waals surface area contributed by atoms with E-state index in [9.17, 15) is 9.59 Å². The second-order valence-corrected chi connectivity index (χ2v) is 6.15. The van der Waals surface area contributed by atoms with E-state index in [1.165, 1.54) is 5.01 Å². The molecular formula is C17H13ClN4O2. The van der Waals surface area contributed by atoms with Crippen LogP contribution in [0.1, 0.15) is 5.56 Å². The largest absolute Gasteiger partial charge is 0.271 e. The minimum Gasteiger partial charge on any atom is -0.271 e. The zero-order valence-corrected chi connectivity index (χ0v) is 13.5. The number of anilines is 2. The third-order valence-corrected chi connectivity index (χ3v) is 4.45. The number of rotatable bonds is 2. The van der Waals surface area contributed by atoms with Crippen molar-refractivity contribution in [1.82, 2.24) is 0 Å². The van der Waals surface area contributed by atoms with E-state index in [1.54, 1.807) is 24.3 Å². The first-order valence-corrected chi connectivity index (χ1v) is 7.85. The molecule has 120 valence electrons. The molecule has 0 unspecified atom stereocenters. The average Bonchev–Trinajstić information content (AvgIpc) is 3.09. The molecule has 0 saturated carbocycles. The lowest BCUT2D eigenvalue weighted by molar-refractivity contribution is -0.121. The molecule has 2 heterocycles. The van der Waals surface area contributed by atoms with Crippen molar-refractivity contribution < 1.29 is 9.59 Å². The van der Waals surface area contributed by atoms with Crippen molar-refractivity contribution in [1.29, 1.82) is 0 Å².